The van der Waals surface area contributed by atoms with Crippen molar-refractivity contribution in [3.63, 3.8) is 0 Å². The van der Waals surface area contributed by atoms with Crippen LogP contribution in [0.1, 0.15) is 34.4 Å². The van der Waals surface area contributed by atoms with Crippen molar-refractivity contribution in [2.24, 2.45) is 0 Å². The van der Waals surface area contributed by atoms with Crippen LogP contribution in [0.25, 0.3) is 5.95 Å². The van der Waals surface area contributed by atoms with Crippen molar-refractivity contribution in [2.45, 2.75) is 32.1 Å². The van der Waals surface area contributed by atoms with E-state index in [-0.39, 0.29) is 18.2 Å². The zero-order valence-electron chi connectivity index (χ0n) is 14.9. The summed E-state index contributed by atoms with van der Waals surface area (Å²) < 4.78 is 40.7. The van der Waals surface area contributed by atoms with Gasteiger partial charge in [0.15, 0.2) is 5.69 Å². The number of halogens is 4. The number of aromatic nitrogens is 6. The molecule has 0 saturated carbocycles. The van der Waals surface area contributed by atoms with Crippen molar-refractivity contribution in [1.29, 1.82) is 0 Å². The van der Waals surface area contributed by atoms with Gasteiger partial charge in [-0.15, -0.1) is 5.10 Å². The van der Waals surface area contributed by atoms with E-state index in [0.717, 1.165) is 11.9 Å². The van der Waals surface area contributed by atoms with Crippen molar-refractivity contribution in [3.05, 3.63) is 58.4 Å². The fourth-order valence-corrected chi connectivity index (χ4v) is 3.46. The van der Waals surface area contributed by atoms with E-state index in [4.69, 9.17) is 11.6 Å². The Morgan fingerprint density at radius 3 is 2.62 bits per heavy atom. The number of hydrogen-bond acceptors (Lipinski definition) is 6. The summed E-state index contributed by atoms with van der Waals surface area (Å²) in [6.07, 6.45) is -0.317. The lowest BCUT2D eigenvalue weighted by Crippen LogP contribution is -2.43. The summed E-state index contributed by atoms with van der Waals surface area (Å²) in [5, 5.41) is 7.42. The molecular weight excluding hydrogens is 411 g/mol. The maximum Gasteiger partial charge on any atom is 0.434 e. The maximum absolute atomic E-state index is 13.1. The summed E-state index contributed by atoms with van der Waals surface area (Å²) in [7, 11) is 0. The van der Waals surface area contributed by atoms with E-state index in [1.54, 1.807) is 25.4 Å². The largest absolute Gasteiger partial charge is 0.434 e. The number of alkyl halides is 3. The third-order valence-electron chi connectivity index (χ3n) is 4.58. The molecule has 3 aromatic rings. The van der Waals surface area contributed by atoms with Gasteiger partial charge < -0.3 is 4.90 Å². The lowest BCUT2D eigenvalue weighted by molar-refractivity contribution is -0.141. The van der Waals surface area contributed by atoms with Crippen LogP contribution in [0.3, 0.4) is 0 Å². The molecule has 12 heteroatoms. The molecule has 29 heavy (non-hydrogen) atoms. The Hall–Kier alpha value is -3.08. The first-order valence-electron chi connectivity index (χ1n) is 8.51. The number of carbonyl (C=O) groups excluding carboxylic acids is 1. The highest BCUT2D eigenvalue weighted by molar-refractivity contribution is 6.34. The summed E-state index contributed by atoms with van der Waals surface area (Å²) >= 11 is 5.86. The van der Waals surface area contributed by atoms with Crippen molar-refractivity contribution in [1.82, 2.24) is 34.8 Å². The van der Waals surface area contributed by atoms with E-state index in [9.17, 15) is 18.0 Å². The summed E-state index contributed by atoms with van der Waals surface area (Å²) in [6.45, 7) is 1.85. The molecule has 1 atom stereocenters. The minimum Gasteiger partial charge on any atom is -0.329 e. The standard InChI is InChI=1S/C17H13ClF3N7O/c1-9-7-12-11(25-26-28(12)16-23-4-2-5-24-16)8-27(9)15(29)10-3-6-22-14(13(10)18)17(19,20)21/h2-6,9H,7-8H2,1H3/t9-/m0/s1. The van der Waals surface area contributed by atoms with E-state index in [1.807, 2.05) is 0 Å². The van der Waals surface area contributed by atoms with Gasteiger partial charge in [-0.3, -0.25) is 9.78 Å². The zero-order valence-corrected chi connectivity index (χ0v) is 15.7. The Bertz CT molecular complexity index is 1070. The minimum atomic E-state index is -4.76. The van der Waals surface area contributed by atoms with Gasteiger partial charge in [-0.05, 0) is 19.1 Å². The van der Waals surface area contributed by atoms with Crippen molar-refractivity contribution in [3.8, 4) is 5.95 Å². The average molecular weight is 424 g/mol. The van der Waals surface area contributed by atoms with Crippen molar-refractivity contribution in [2.75, 3.05) is 0 Å². The Morgan fingerprint density at radius 2 is 1.93 bits per heavy atom. The van der Waals surface area contributed by atoms with E-state index in [0.29, 0.717) is 18.1 Å². The molecule has 0 radical (unpaired) electrons. The third kappa shape index (κ3) is 3.41. The molecule has 1 amide bonds. The molecule has 0 spiro atoms. The van der Waals surface area contributed by atoms with Crippen molar-refractivity contribution >= 4 is 17.5 Å². The van der Waals surface area contributed by atoms with E-state index in [1.165, 1.54) is 15.6 Å². The van der Waals surface area contributed by atoms with Gasteiger partial charge in [0.05, 0.1) is 22.8 Å². The molecule has 0 unspecified atom stereocenters. The maximum atomic E-state index is 13.1. The monoisotopic (exact) mass is 423 g/mol. The molecule has 0 fully saturated rings. The lowest BCUT2D eigenvalue weighted by Gasteiger charge is -2.33. The van der Waals surface area contributed by atoms with Crippen LogP contribution < -0.4 is 0 Å². The Balaban J connectivity index is 1.66. The molecule has 1 aliphatic heterocycles. The van der Waals surface area contributed by atoms with Gasteiger partial charge in [-0.2, -0.15) is 17.9 Å². The highest BCUT2D eigenvalue weighted by atomic mass is 35.5. The van der Waals surface area contributed by atoms with Crippen LogP contribution in [-0.2, 0) is 19.1 Å². The highest BCUT2D eigenvalue weighted by Gasteiger charge is 2.38. The van der Waals surface area contributed by atoms with E-state index < -0.39 is 22.8 Å². The summed E-state index contributed by atoms with van der Waals surface area (Å²) in [4.78, 5) is 25.9. The molecule has 4 heterocycles. The molecule has 0 aromatic carbocycles. The Labute approximate surface area is 167 Å². The Morgan fingerprint density at radius 1 is 1.21 bits per heavy atom. The smallest absolute Gasteiger partial charge is 0.329 e. The fourth-order valence-electron chi connectivity index (χ4n) is 3.16. The van der Waals surface area contributed by atoms with Gasteiger partial charge in [0, 0.05) is 31.1 Å². The first-order chi connectivity index (χ1) is 13.8. The third-order valence-corrected chi connectivity index (χ3v) is 4.96. The molecule has 1 aliphatic rings. The second-order valence-electron chi connectivity index (χ2n) is 6.45. The summed E-state index contributed by atoms with van der Waals surface area (Å²) in [6, 6.07) is 2.51. The van der Waals surface area contributed by atoms with Gasteiger partial charge in [0.25, 0.3) is 11.9 Å². The number of pyridine rings is 1. The van der Waals surface area contributed by atoms with Crippen LogP contribution >= 0.6 is 11.6 Å². The van der Waals surface area contributed by atoms with Crippen LogP contribution in [0.15, 0.2) is 30.7 Å². The zero-order chi connectivity index (χ0) is 20.8. The van der Waals surface area contributed by atoms with Gasteiger partial charge in [0.2, 0.25) is 0 Å². The fraction of sp³-hybridized carbons (Fsp3) is 0.294. The molecule has 8 nitrogen and oxygen atoms in total. The SMILES string of the molecule is C[C@H]1Cc2c(nnn2-c2ncccn2)CN1C(=O)c1ccnc(C(F)(F)F)c1Cl. The number of hydrogen-bond donors (Lipinski definition) is 0. The number of amides is 1. The topological polar surface area (TPSA) is 89.7 Å². The average Bonchev–Trinajstić information content (AvgIpc) is 3.09. The van der Waals surface area contributed by atoms with E-state index >= 15 is 0 Å². The predicted octanol–water partition coefficient (Wildman–Crippen LogP) is 2.71. The van der Waals surface area contributed by atoms with Crippen LogP contribution in [0, 0.1) is 0 Å². The molecule has 4 rings (SSSR count). The predicted molar refractivity (Wildman–Crippen MR) is 94.2 cm³/mol. The quantitative estimate of drug-likeness (QED) is 0.629. The number of fused-ring (bicyclic) bond motifs is 1. The van der Waals surface area contributed by atoms with Crippen molar-refractivity contribution < 1.29 is 18.0 Å². The summed E-state index contributed by atoms with van der Waals surface area (Å²) in [5.74, 6) is -0.285. The molecule has 0 aliphatic carbocycles. The van der Waals surface area contributed by atoms with E-state index in [2.05, 4.69) is 25.3 Å². The lowest BCUT2D eigenvalue weighted by atomic mass is 10.0. The summed E-state index contributed by atoms with van der Waals surface area (Å²) in [5.41, 5.74) is -0.291. The van der Waals surface area contributed by atoms with Gasteiger partial charge in [0.1, 0.15) is 5.69 Å². The normalized spacial score (nSPS) is 16.6. The number of nitrogens with zero attached hydrogens (tertiary/aromatic N) is 7. The molecule has 0 bridgehead atoms. The second-order valence-corrected chi connectivity index (χ2v) is 6.83. The first-order valence-corrected chi connectivity index (χ1v) is 8.88. The van der Waals surface area contributed by atoms with Gasteiger partial charge in [-0.1, -0.05) is 16.8 Å². The van der Waals surface area contributed by atoms with Gasteiger partial charge in [-0.25, -0.2) is 9.97 Å². The molecule has 0 N–H and O–H groups in total. The molecule has 0 saturated heterocycles. The van der Waals surface area contributed by atoms with Crippen LogP contribution in [0.2, 0.25) is 5.02 Å². The Kier molecular flexibility index (Phi) is 4.69. The number of carbonyl (C=O) groups is 1. The first kappa shape index (κ1) is 19.2. The van der Waals surface area contributed by atoms with Crippen LogP contribution in [0.4, 0.5) is 13.2 Å². The van der Waals surface area contributed by atoms with Gasteiger partial charge >= 0.3 is 6.18 Å². The second kappa shape index (κ2) is 7.07. The molecule has 3 aromatic heterocycles. The minimum absolute atomic E-state index is 0.0716. The molecular formula is C17H13ClF3N7O. The number of rotatable bonds is 2. The highest BCUT2D eigenvalue weighted by Crippen LogP contribution is 2.35. The molecule has 150 valence electrons. The van der Waals surface area contributed by atoms with Crippen LogP contribution in [0.5, 0.6) is 0 Å². The van der Waals surface area contributed by atoms with Crippen LogP contribution in [-0.4, -0.2) is 46.8 Å².